The third kappa shape index (κ3) is 5.64. The van der Waals surface area contributed by atoms with E-state index in [1.165, 1.54) is 6.33 Å². The molecule has 9 heteroatoms. The molecule has 1 fully saturated rings. The van der Waals surface area contributed by atoms with Crippen LogP contribution in [0.3, 0.4) is 0 Å². The van der Waals surface area contributed by atoms with Gasteiger partial charge in [-0.3, -0.25) is 9.69 Å². The number of ether oxygens (including phenoxy) is 1. The van der Waals surface area contributed by atoms with Crippen molar-refractivity contribution in [2.45, 2.75) is 52.7 Å². The summed E-state index contributed by atoms with van der Waals surface area (Å²) < 4.78 is 7.81. The Labute approximate surface area is 200 Å². The lowest BCUT2D eigenvalue weighted by atomic mass is 10.1. The highest BCUT2D eigenvalue weighted by Crippen LogP contribution is 2.32. The van der Waals surface area contributed by atoms with E-state index in [4.69, 9.17) is 15.6 Å². The SMILES string of the molecule is CC(=O)N1CCN(CCCCCn2nc(-c3cccc(OC(C)C)c3)c3c(N)ncnc32)CC1. The number of anilines is 1. The molecule has 0 spiro atoms. The number of piperazine rings is 1. The fourth-order valence-electron chi connectivity index (χ4n) is 4.44. The van der Waals surface area contributed by atoms with Gasteiger partial charge >= 0.3 is 0 Å². The molecule has 0 unspecified atom stereocenters. The molecule has 4 rings (SSSR count). The first-order chi connectivity index (χ1) is 16.4. The summed E-state index contributed by atoms with van der Waals surface area (Å²) in [5.41, 5.74) is 8.73. The molecule has 0 aliphatic carbocycles. The second-order valence-corrected chi connectivity index (χ2v) is 9.13. The van der Waals surface area contributed by atoms with Gasteiger partial charge in [0.05, 0.1) is 11.5 Å². The highest BCUT2D eigenvalue weighted by molar-refractivity contribution is 5.98. The Morgan fingerprint density at radius 3 is 2.59 bits per heavy atom. The average molecular weight is 466 g/mol. The van der Waals surface area contributed by atoms with Crippen LogP contribution in [0.2, 0.25) is 0 Å². The molecule has 0 bridgehead atoms. The predicted molar refractivity (Wildman–Crippen MR) is 133 cm³/mol. The van der Waals surface area contributed by atoms with E-state index in [1.807, 2.05) is 47.7 Å². The number of carbonyl (C=O) groups is 1. The number of benzene rings is 1. The predicted octanol–water partition coefficient (Wildman–Crippen LogP) is 3.20. The van der Waals surface area contributed by atoms with Gasteiger partial charge in [0, 0.05) is 45.2 Å². The van der Waals surface area contributed by atoms with Crippen molar-refractivity contribution < 1.29 is 9.53 Å². The number of fused-ring (bicyclic) bond motifs is 1. The highest BCUT2D eigenvalue weighted by atomic mass is 16.5. The van der Waals surface area contributed by atoms with Gasteiger partial charge < -0.3 is 15.4 Å². The van der Waals surface area contributed by atoms with Crippen molar-refractivity contribution >= 4 is 22.8 Å². The molecule has 1 aromatic carbocycles. The van der Waals surface area contributed by atoms with Gasteiger partial charge in [-0.2, -0.15) is 5.10 Å². The van der Waals surface area contributed by atoms with Crippen molar-refractivity contribution in [2.75, 3.05) is 38.5 Å². The van der Waals surface area contributed by atoms with Crippen molar-refractivity contribution in [3.05, 3.63) is 30.6 Å². The molecule has 2 aromatic heterocycles. The average Bonchev–Trinajstić information content (AvgIpc) is 3.19. The van der Waals surface area contributed by atoms with Crippen LogP contribution in [-0.4, -0.2) is 74.3 Å². The molecule has 34 heavy (non-hydrogen) atoms. The summed E-state index contributed by atoms with van der Waals surface area (Å²) in [5, 5.41) is 5.67. The van der Waals surface area contributed by atoms with Crippen LogP contribution in [0.1, 0.15) is 40.0 Å². The monoisotopic (exact) mass is 465 g/mol. The van der Waals surface area contributed by atoms with Crippen LogP contribution < -0.4 is 10.5 Å². The largest absolute Gasteiger partial charge is 0.491 e. The van der Waals surface area contributed by atoms with E-state index in [0.717, 1.165) is 86.6 Å². The summed E-state index contributed by atoms with van der Waals surface area (Å²) in [6.45, 7) is 11.1. The summed E-state index contributed by atoms with van der Waals surface area (Å²) in [5.74, 6) is 1.41. The fourth-order valence-corrected chi connectivity index (χ4v) is 4.44. The Balaban J connectivity index is 1.39. The Hall–Kier alpha value is -3.20. The van der Waals surface area contributed by atoms with E-state index < -0.39 is 0 Å². The second kappa shape index (κ2) is 10.8. The van der Waals surface area contributed by atoms with Crippen molar-refractivity contribution in [1.29, 1.82) is 0 Å². The molecule has 182 valence electrons. The van der Waals surface area contributed by atoms with Crippen LogP contribution in [0, 0.1) is 0 Å². The second-order valence-electron chi connectivity index (χ2n) is 9.13. The van der Waals surface area contributed by atoms with Crippen molar-refractivity contribution in [1.82, 2.24) is 29.5 Å². The highest BCUT2D eigenvalue weighted by Gasteiger charge is 2.19. The van der Waals surface area contributed by atoms with Crippen molar-refractivity contribution in [3.8, 4) is 17.0 Å². The molecule has 9 nitrogen and oxygen atoms in total. The first-order valence-electron chi connectivity index (χ1n) is 12.1. The smallest absolute Gasteiger partial charge is 0.219 e. The van der Waals surface area contributed by atoms with Gasteiger partial charge in [-0.25, -0.2) is 14.6 Å². The zero-order chi connectivity index (χ0) is 24.1. The van der Waals surface area contributed by atoms with Crippen molar-refractivity contribution in [2.24, 2.45) is 0 Å². The molecule has 1 aliphatic heterocycles. The van der Waals surface area contributed by atoms with Crippen molar-refractivity contribution in [3.63, 3.8) is 0 Å². The van der Waals surface area contributed by atoms with E-state index in [0.29, 0.717) is 5.82 Å². The maximum absolute atomic E-state index is 11.5. The van der Waals surface area contributed by atoms with E-state index in [9.17, 15) is 4.79 Å². The van der Waals surface area contributed by atoms with Gasteiger partial charge in [0.15, 0.2) is 5.65 Å². The number of nitrogens with zero attached hydrogens (tertiary/aromatic N) is 6. The molecular formula is C25H35N7O2. The summed E-state index contributed by atoms with van der Waals surface area (Å²) in [4.78, 5) is 24.5. The first kappa shape index (κ1) is 23.9. The Morgan fingerprint density at radius 1 is 1.09 bits per heavy atom. The lowest BCUT2D eigenvalue weighted by Gasteiger charge is -2.34. The lowest BCUT2D eigenvalue weighted by molar-refractivity contribution is -0.130. The number of amides is 1. The maximum Gasteiger partial charge on any atom is 0.219 e. The van der Waals surface area contributed by atoms with Gasteiger partial charge in [-0.15, -0.1) is 0 Å². The first-order valence-corrected chi connectivity index (χ1v) is 12.1. The fraction of sp³-hybridized carbons (Fsp3) is 0.520. The maximum atomic E-state index is 11.5. The van der Waals surface area contributed by atoms with Crippen LogP contribution >= 0.6 is 0 Å². The molecule has 2 N–H and O–H groups in total. The van der Waals surface area contributed by atoms with Crippen LogP contribution in [0.15, 0.2) is 30.6 Å². The number of hydrogen-bond acceptors (Lipinski definition) is 7. The zero-order valence-electron chi connectivity index (χ0n) is 20.4. The Morgan fingerprint density at radius 2 is 1.85 bits per heavy atom. The summed E-state index contributed by atoms with van der Waals surface area (Å²) >= 11 is 0. The van der Waals surface area contributed by atoms with E-state index in [2.05, 4.69) is 14.9 Å². The van der Waals surface area contributed by atoms with Gasteiger partial charge in [0.2, 0.25) is 5.91 Å². The third-order valence-corrected chi connectivity index (χ3v) is 6.20. The summed E-state index contributed by atoms with van der Waals surface area (Å²) in [7, 11) is 0. The zero-order valence-corrected chi connectivity index (χ0v) is 20.4. The minimum absolute atomic E-state index is 0.0935. The van der Waals surface area contributed by atoms with Gasteiger partial charge in [0.1, 0.15) is 23.6 Å². The summed E-state index contributed by atoms with van der Waals surface area (Å²) in [6.07, 6.45) is 4.82. The number of hydrogen-bond donors (Lipinski definition) is 1. The standard InChI is InChI=1S/C25H35N7O2/c1-18(2)34-21-9-7-8-20(16-21)23-22-24(26)27-17-28-25(22)32(29-23)11-6-4-5-10-30-12-14-31(15-13-30)19(3)33/h7-9,16-18H,4-6,10-15H2,1-3H3,(H2,26,27,28). The molecule has 0 atom stereocenters. The third-order valence-electron chi connectivity index (χ3n) is 6.20. The number of nitrogens with two attached hydrogens (primary N) is 1. The van der Waals surface area contributed by atoms with E-state index in [1.54, 1.807) is 6.92 Å². The van der Waals surface area contributed by atoms with Crippen LogP contribution in [0.25, 0.3) is 22.3 Å². The minimum atomic E-state index is 0.0935. The molecule has 3 aromatic rings. The van der Waals surface area contributed by atoms with Gasteiger partial charge in [-0.05, 0) is 45.4 Å². The quantitative estimate of drug-likeness (QED) is 0.484. The normalized spacial score (nSPS) is 14.8. The van der Waals surface area contributed by atoms with Crippen LogP contribution in [0.5, 0.6) is 5.75 Å². The lowest BCUT2D eigenvalue weighted by Crippen LogP contribution is -2.48. The molecule has 1 amide bonds. The minimum Gasteiger partial charge on any atom is -0.491 e. The molecule has 0 saturated carbocycles. The molecular weight excluding hydrogens is 430 g/mol. The molecule has 1 aliphatic rings. The van der Waals surface area contributed by atoms with E-state index in [-0.39, 0.29) is 12.0 Å². The molecule has 0 radical (unpaired) electrons. The molecule has 3 heterocycles. The van der Waals surface area contributed by atoms with E-state index >= 15 is 0 Å². The van der Waals surface area contributed by atoms with Crippen LogP contribution in [0.4, 0.5) is 5.82 Å². The molecule has 1 saturated heterocycles. The summed E-state index contributed by atoms with van der Waals surface area (Å²) in [6, 6.07) is 7.92. The topological polar surface area (TPSA) is 102 Å². The number of unbranched alkanes of at least 4 members (excludes halogenated alkanes) is 2. The Bertz CT molecular complexity index is 1120. The number of nitrogen functional groups attached to an aromatic ring is 1. The Kier molecular flexibility index (Phi) is 7.62. The van der Waals surface area contributed by atoms with Gasteiger partial charge in [0.25, 0.3) is 0 Å². The number of carbonyl (C=O) groups excluding carboxylic acids is 1. The van der Waals surface area contributed by atoms with Gasteiger partial charge in [-0.1, -0.05) is 18.6 Å². The number of aryl methyl sites for hydroxylation is 1. The number of rotatable bonds is 9. The number of aromatic nitrogens is 4. The van der Waals surface area contributed by atoms with Crippen LogP contribution in [-0.2, 0) is 11.3 Å².